The second-order valence-electron chi connectivity index (χ2n) is 2.54. The van der Waals surface area contributed by atoms with Crippen LogP contribution in [0.4, 0.5) is 0 Å². The third kappa shape index (κ3) is 1.40. The average Bonchev–Trinajstić information content (AvgIpc) is 2.13. The molecule has 1 saturated heterocycles. The summed E-state index contributed by atoms with van der Waals surface area (Å²) in [4.78, 5) is 2.86. The Morgan fingerprint density at radius 3 is 2.67 bits per heavy atom. The lowest BCUT2D eigenvalue weighted by Gasteiger charge is -2.16. The highest BCUT2D eigenvalue weighted by Gasteiger charge is 2.22. The van der Waals surface area contributed by atoms with Crippen molar-refractivity contribution in [2.24, 2.45) is 5.73 Å². The average molecular weight is 144 g/mol. The van der Waals surface area contributed by atoms with Crippen molar-refractivity contribution in [2.45, 2.75) is 18.9 Å². The van der Waals surface area contributed by atoms with Crippen LogP contribution in [-0.4, -0.2) is 29.5 Å². The Bertz CT molecular complexity index is 124. The molecule has 1 fully saturated rings. The van der Waals surface area contributed by atoms with E-state index in [2.05, 4.69) is 11.9 Å². The van der Waals surface area contributed by atoms with E-state index < -0.39 is 0 Å². The van der Waals surface area contributed by atoms with Crippen molar-refractivity contribution >= 4 is 17.2 Å². The summed E-state index contributed by atoms with van der Waals surface area (Å²) in [6.07, 6.45) is 2.38. The number of likely N-dealkylation sites (tertiary alicyclic amines) is 1. The Morgan fingerprint density at radius 1 is 1.78 bits per heavy atom. The number of rotatable bonds is 1. The van der Waals surface area contributed by atoms with E-state index >= 15 is 0 Å². The van der Waals surface area contributed by atoms with Crippen molar-refractivity contribution in [3.63, 3.8) is 0 Å². The van der Waals surface area contributed by atoms with E-state index in [4.69, 9.17) is 18.0 Å². The van der Waals surface area contributed by atoms with Crippen molar-refractivity contribution in [3.05, 3.63) is 0 Å². The van der Waals surface area contributed by atoms with E-state index in [1.54, 1.807) is 0 Å². The first-order valence-corrected chi connectivity index (χ1v) is 3.62. The SMILES string of the molecule is CN1CCC[C@@H]1C(N)=S. The Morgan fingerprint density at radius 2 is 2.44 bits per heavy atom. The predicted molar refractivity (Wildman–Crippen MR) is 42.4 cm³/mol. The van der Waals surface area contributed by atoms with Crippen molar-refractivity contribution in [1.29, 1.82) is 0 Å². The Balaban J connectivity index is 2.49. The van der Waals surface area contributed by atoms with Gasteiger partial charge in [0.2, 0.25) is 0 Å². The van der Waals surface area contributed by atoms with Gasteiger partial charge in [-0.3, -0.25) is 4.90 Å². The van der Waals surface area contributed by atoms with Gasteiger partial charge in [0.25, 0.3) is 0 Å². The lowest BCUT2D eigenvalue weighted by Crippen LogP contribution is -2.36. The molecule has 0 aromatic rings. The molecule has 0 aliphatic carbocycles. The number of likely N-dealkylation sites (N-methyl/N-ethyl adjacent to an activating group) is 1. The van der Waals surface area contributed by atoms with Gasteiger partial charge in [-0.25, -0.2) is 0 Å². The first-order chi connectivity index (χ1) is 4.22. The molecule has 0 bridgehead atoms. The van der Waals surface area contributed by atoms with Crippen molar-refractivity contribution in [1.82, 2.24) is 4.90 Å². The highest BCUT2D eigenvalue weighted by atomic mass is 32.1. The summed E-state index contributed by atoms with van der Waals surface area (Å²) < 4.78 is 0. The summed E-state index contributed by atoms with van der Waals surface area (Å²) >= 11 is 4.87. The molecule has 0 unspecified atom stereocenters. The molecule has 9 heavy (non-hydrogen) atoms. The third-order valence-corrected chi connectivity index (χ3v) is 2.12. The van der Waals surface area contributed by atoms with Crippen LogP contribution in [0.3, 0.4) is 0 Å². The molecule has 1 heterocycles. The highest BCUT2D eigenvalue weighted by Crippen LogP contribution is 2.14. The molecule has 1 aliphatic heterocycles. The second kappa shape index (κ2) is 2.62. The molecule has 0 spiro atoms. The van der Waals surface area contributed by atoms with Crippen molar-refractivity contribution in [2.75, 3.05) is 13.6 Å². The fourth-order valence-electron chi connectivity index (χ4n) is 1.27. The summed E-state index contributed by atoms with van der Waals surface area (Å²) in [6.45, 7) is 1.14. The summed E-state index contributed by atoms with van der Waals surface area (Å²) in [5, 5.41) is 0. The van der Waals surface area contributed by atoms with Crippen LogP contribution in [0.2, 0.25) is 0 Å². The zero-order chi connectivity index (χ0) is 6.85. The van der Waals surface area contributed by atoms with Crippen LogP contribution in [0.1, 0.15) is 12.8 Å². The zero-order valence-corrected chi connectivity index (χ0v) is 6.45. The van der Waals surface area contributed by atoms with Crippen LogP contribution in [0.5, 0.6) is 0 Å². The van der Waals surface area contributed by atoms with E-state index in [1.807, 2.05) is 0 Å². The monoisotopic (exact) mass is 144 g/mol. The van der Waals surface area contributed by atoms with E-state index in [9.17, 15) is 0 Å². The molecular weight excluding hydrogens is 132 g/mol. The molecule has 2 nitrogen and oxygen atoms in total. The highest BCUT2D eigenvalue weighted by molar-refractivity contribution is 7.80. The molecule has 0 aromatic heterocycles. The van der Waals surface area contributed by atoms with Crippen molar-refractivity contribution < 1.29 is 0 Å². The van der Waals surface area contributed by atoms with Crippen LogP contribution in [-0.2, 0) is 0 Å². The van der Waals surface area contributed by atoms with Crippen LogP contribution in [0.15, 0.2) is 0 Å². The minimum absolute atomic E-state index is 0.375. The Labute approximate surface area is 61.0 Å². The van der Waals surface area contributed by atoms with Crippen LogP contribution in [0.25, 0.3) is 0 Å². The predicted octanol–water partition coefficient (Wildman–Crippen LogP) is 0.367. The molecule has 0 amide bonds. The molecule has 1 atom stereocenters. The third-order valence-electron chi connectivity index (χ3n) is 1.85. The largest absolute Gasteiger partial charge is 0.392 e. The molecule has 1 rings (SSSR count). The van der Waals surface area contributed by atoms with Crippen molar-refractivity contribution in [3.8, 4) is 0 Å². The maximum atomic E-state index is 5.48. The van der Waals surface area contributed by atoms with E-state index in [1.165, 1.54) is 6.42 Å². The number of hydrogen-bond acceptors (Lipinski definition) is 2. The van der Waals surface area contributed by atoms with Crippen LogP contribution >= 0.6 is 12.2 Å². The molecule has 1 aliphatic rings. The van der Waals surface area contributed by atoms with Gasteiger partial charge in [-0.05, 0) is 26.4 Å². The first kappa shape index (κ1) is 6.96. The Hall–Kier alpha value is -0.150. The van der Waals surface area contributed by atoms with Gasteiger partial charge in [-0.15, -0.1) is 0 Å². The summed E-state index contributed by atoms with van der Waals surface area (Å²) in [5.41, 5.74) is 5.48. The van der Waals surface area contributed by atoms with Gasteiger partial charge in [-0.1, -0.05) is 12.2 Å². The number of thiocarbonyl (C=S) groups is 1. The number of nitrogens with two attached hydrogens (primary N) is 1. The number of hydrogen-bond donors (Lipinski definition) is 1. The van der Waals surface area contributed by atoms with E-state index in [0.29, 0.717) is 11.0 Å². The van der Waals surface area contributed by atoms with Gasteiger partial charge in [0.1, 0.15) is 0 Å². The molecule has 3 heteroatoms. The minimum atomic E-state index is 0.375. The van der Waals surface area contributed by atoms with Gasteiger partial charge >= 0.3 is 0 Å². The maximum absolute atomic E-state index is 5.48. The normalized spacial score (nSPS) is 28.8. The smallest absolute Gasteiger partial charge is 0.0901 e. The van der Waals surface area contributed by atoms with Gasteiger partial charge in [0.05, 0.1) is 11.0 Å². The van der Waals surface area contributed by atoms with E-state index in [-0.39, 0.29) is 0 Å². The molecule has 52 valence electrons. The second-order valence-corrected chi connectivity index (χ2v) is 3.01. The lowest BCUT2D eigenvalue weighted by molar-refractivity contribution is 0.374. The quantitative estimate of drug-likeness (QED) is 0.539. The van der Waals surface area contributed by atoms with Gasteiger partial charge < -0.3 is 5.73 Å². The maximum Gasteiger partial charge on any atom is 0.0901 e. The minimum Gasteiger partial charge on any atom is -0.392 e. The molecule has 0 aromatic carbocycles. The molecular formula is C6H12N2S. The standard InChI is InChI=1S/C6H12N2S/c1-8-4-2-3-5(8)6(7)9/h5H,2-4H2,1H3,(H2,7,9)/t5-/m1/s1. The fraction of sp³-hybridized carbons (Fsp3) is 0.833. The molecule has 2 N–H and O–H groups in total. The lowest BCUT2D eigenvalue weighted by atomic mass is 10.2. The van der Waals surface area contributed by atoms with Crippen LogP contribution in [0, 0.1) is 0 Å². The van der Waals surface area contributed by atoms with Crippen LogP contribution < -0.4 is 5.73 Å². The summed E-state index contributed by atoms with van der Waals surface area (Å²) in [6, 6.07) is 0.375. The molecule has 0 saturated carbocycles. The first-order valence-electron chi connectivity index (χ1n) is 3.21. The summed E-state index contributed by atoms with van der Waals surface area (Å²) in [7, 11) is 2.07. The topological polar surface area (TPSA) is 29.3 Å². The van der Waals surface area contributed by atoms with E-state index in [0.717, 1.165) is 13.0 Å². The van der Waals surface area contributed by atoms with Gasteiger partial charge in [0.15, 0.2) is 0 Å². The molecule has 0 radical (unpaired) electrons. The Kier molecular flexibility index (Phi) is 2.03. The van der Waals surface area contributed by atoms with Gasteiger partial charge in [-0.2, -0.15) is 0 Å². The summed E-state index contributed by atoms with van der Waals surface area (Å²) in [5.74, 6) is 0. The zero-order valence-electron chi connectivity index (χ0n) is 5.63. The number of nitrogens with zero attached hydrogens (tertiary/aromatic N) is 1. The van der Waals surface area contributed by atoms with Gasteiger partial charge in [0, 0.05) is 0 Å². The fourth-order valence-corrected chi connectivity index (χ4v) is 1.57.